The molecule has 17 heavy (non-hydrogen) atoms. The minimum atomic E-state index is 0.00597. The molecule has 5 heteroatoms. The number of nitrogens with zero attached hydrogens (tertiary/aromatic N) is 1. The summed E-state index contributed by atoms with van der Waals surface area (Å²) >= 11 is 3.16. The number of rotatable bonds is 1. The number of hydrogen-bond acceptors (Lipinski definition) is 4. The molecule has 1 saturated heterocycles. The van der Waals surface area contributed by atoms with Gasteiger partial charge >= 0.3 is 0 Å². The number of Topliss-reactive ketones (excluding diaryl/α,β-unsaturated/α-hetero) is 1. The van der Waals surface area contributed by atoms with Crippen molar-refractivity contribution in [1.82, 2.24) is 4.90 Å². The summed E-state index contributed by atoms with van der Waals surface area (Å²) < 4.78 is 2.31. The monoisotopic (exact) mass is 265 g/mol. The topological polar surface area (TPSA) is 37.4 Å². The lowest BCUT2D eigenvalue weighted by Crippen LogP contribution is -2.39. The highest BCUT2D eigenvalue weighted by molar-refractivity contribution is 7.27. The molecule has 88 valence electrons. The fourth-order valence-electron chi connectivity index (χ4n) is 2.04. The fourth-order valence-corrected chi connectivity index (χ4v) is 4.12. The molecule has 3 nitrogen and oxygen atoms in total. The number of carbonyl (C=O) groups is 2. The number of amides is 1. The number of piperidine rings is 1. The Hall–Kier alpha value is -1.20. The van der Waals surface area contributed by atoms with Crippen molar-refractivity contribution in [2.24, 2.45) is 0 Å². The Balaban J connectivity index is 1.86. The molecule has 3 rings (SSSR count). The van der Waals surface area contributed by atoms with Gasteiger partial charge in [-0.15, -0.1) is 22.7 Å². The second-order valence-corrected chi connectivity index (χ2v) is 6.16. The summed E-state index contributed by atoms with van der Waals surface area (Å²) in [5.41, 5.74) is 0. The molecule has 0 aliphatic carbocycles. The van der Waals surface area contributed by atoms with Crippen molar-refractivity contribution < 1.29 is 9.59 Å². The van der Waals surface area contributed by atoms with Crippen LogP contribution in [0, 0.1) is 0 Å². The molecule has 0 radical (unpaired) electrons. The van der Waals surface area contributed by atoms with Gasteiger partial charge in [0.15, 0.2) is 5.78 Å². The first-order valence-corrected chi connectivity index (χ1v) is 7.22. The van der Waals surface area contributed by atoms with Crippen molar-refractivity contribution in [3.63, 3.8) is 0 Å². The van der Waals surface area contributed by atoms with Gasteiger partial charge in [-0.1, -0.05) is 0 Å². The Labute approximate surface area is 107 Å². The number of likely N-dealkylation sites (tertiary alicyclic amines) is 1. The molecule has 0 spiro atoms. The van der Waals surface area contributed by atoms with Crippen LogP contribution in [0.3, 0.4) is 0 Å². The van der Waals surface area contributed by atoms with E-state index in [0.717, 1.165) is 20.7 Å². The lowest BCUT2D eigenvalue weighted by Gasteiger charge is -2.25. The van der Waals surface area contributed by atoms with Gasteiger partial charge in [0.2, 0.25) is 0 Å². The maximum atomic E-state index is 12.2. The zero-order valence-corrected chi connectivity index (χ0v) is 10.8. The van der Waals surface area contributed by atoms with Gasteiger partial charge in [-0.05, 0) is 23.9 Å². The highest BCUT2D eigenvalue weighted by Gasteiger charge is 2.23. The van der Waals surface area contributed by atoms with Crippen molar-refractivity contribution in [2.45, 2.75) is 12.8 Å². The molecule has 0 aromatic carbocycles. The van der Waals surface area contributed by atoms with Gasteiger partial charge in [-0.25, -0.2) is 0 Å². The minimum Gasteiger partial charge on any atom is -0.331 e. The molecule has 0 atom stereocenters. The lowest BCUT2D eigenvalue weighted by atomic mass is 10.1. The Morgan fingerprint density at radius 3 is 3.00 bits per heavy atom. The minimum absolute atomic E-state index is 0.00597. The summed E-state index contributed by atoms with van der Waals surface area (Å²) in [6.07, 6.45) is 1.41. The van der Waals surface area contributed by atoms with Gasteiger partial charge < -0.3 is 4.90 Å². The molecular formula is C12H11NO2S2. The quantitative estimate of drug-likeness (QED) is 0.795. The average Bonchev–Trinajstić information content (AvgIpc) is 2.88. The molecule has 1 aliphatic rings. The second kappa shape index (κ2) is 4.23. The smallest absolute Gasteiger partial charge is 0.264 e. The first-order chi connectivity index (χ1) is 8.24. The molecule has 1 fully saturated rings. The normalized spacial score (nSPS) is 16.7. The number of ketones is 1. The van der Waals surface area contributed by atoms with Crippen LogP contribution in [0.15, 0.2) is 17.5 Å². The molecule has 1 amide bonds. The van der Waals surface area contributed by atoms with Crippen LogP contribution in [0.1, 0.15) is 22.5 Å². The average molecular weight is 265 g/mol. The van der Waals surface area contributed by atoms with E-state index in [4.69, 9.17) is 0 Å². The van der Waals surface area contributed by atoms with Crippen molar-refractivity contribution in [1.29, 1.82) is 0 Å². The van der Waals surface area contributed by atoms with Gasteiger partial charge in [0.05, 0.1) is 11.4 Å². The Morgan fingerprint density at radius 1 is 1.35 bits per heavy atom. The molecular weight excluding hydrogens is 254 g/mol. The van der Waals surface area contributed by atoms with E-state index in [2.05, 4.69) is 0 Å². The van der Waals surface area contributed by atoms with E-state index in [9.17, 15) is 9.59 Å². The summed E-state index contributed by atoms with van der Waals surface area (Å²) in [6, 6.07) is 3.97. The SMILES string of the molecule is O=C1CCCN(C(=O)c2cc3sccc3s2)C1. The molecule has 1 aliphatic heterocycles. The Morgan fingerprint density at radius 2 is 2.24 bits per heavy atom. The number of hydrogen-bond donors (Lipinski definition) is 0. The molecule has 0 unspecified atom stereocenters. The van der Waals surface area contributed by atoms with Crippen molar-refractivity contribution in [3.8, 4) is 0 Å². The second-order valence-electron chi connectivity index (χ2n) is 4.13. The maximum Gasteiger partial charge on any atom is 0.264 e. The van der Waals surface area contributed by atoms with Crippen molar-refractivity contribution in [2.75, 3.05) is 13.1 Å². The summed E-state index contributed by atoms with van der Waals surface area (Å²) in [6.45, 7) is 0.987. The maximum absolute atomic E-state index is 12.2. The van der Waals surface area contributed by atoms with E-state index in [1.807, 2.05) is 17.5 Å². The largest absolute Gasteiger partial charge is 0.331 e. The summed E-state index contributed by atoms with van der Waals surface area (Å²) in [4.78, 5) is 26.0. The molecule has 0 N–H and O–H groups in total. The zero-order valence-electron chi connectivity index (χ0n) is 9.14. The Kier molecular flexibility index (Phi) is 2.72. The number of carbonyl (C=O) groups excluding carboxylic acids is 2. The molecule has 0 bridgehead atoms. The number of thiophene rings is 2. The third-order valence-electron chi connectivity index (χ3n) is 2.89. The lowest BCUT2D eigenvalue weighted by molar-refractivity contribution is -0.121. The van der Waals surface area contributed by atoms with E-state index < -0.39 is 0 Å². The van der Waals surface area contributed by atoms with E-state index >= 15 is 0 Å². The first kappa shape index (κ1) is 10.9. The standard InChI is InChI=1S/C12H11NO2S2/c14-8-2-1-4-13(7-8)12(15)11-6-10-9(17-11)3-5-16-10/h3,5-6H,1-2,4,7H2. The highest BCUT2D eigenvalue weighted by atomic mass is 32.1. The molecule has 3 heterocycles. The van der Waals surface area contributed by atoms with Crippen LogP contribution in [-0.4, -0.2) is 29.7 Å². The molecule has 2 aromatic rings. The van der Waals surface area contributed by atoms with Gasteiger partial charge in [0, 0.05) is 22.4 Å². The predicted octanol–water partition coefficient (Wildman–Crippen LogP) is 2.77. The van der Waals surface area contributed by atoms with E-state index in [1.165, 1.54) is 11.3 Å². The van der Waals surface area contributed by atoms with Gasteiger partial charge in [0.1, 0.15) is 0 Å². The van der Waals surface area contributed by atoms with E-state index in [-0.39, 0.29) is 18.2 Å². The van der Waals surface area contributed by atoms with Crippen molar-refractivity contribution >= 4 is 43.8 Å². The van der Waals surface area contributed by atoms with Crippen LogP contribution in [-0.2, 0) is 4.79 Å². The third-order valence-corrected chi connectivity index (χ3v) is 4.97. The van der Waals surface area contributed by atoms with E-state index in [1.54, 1.807) is 16.2 Å². The van der Waals surface area contributed by atoms with Crippen LogP contribution in [0.2, 0.25) is 0 Å². The predicted molar refractivity (Wildman–Crippen MR) is 69.8 cm³/mol. The molecule has 2 aromatic heterocycles. The summed E-state index contributed by atoms with van der Waals surface area (Å²) in [7, 11) is 0. The summed E-state index contributed by atoms with van der Waals surface area (Å²) in [5, 5.41) is 2.03. The van der Waals surface area contributed by atoms with Crippen LogP contribution in [0.4, 0.5) is 0 Å². The first-order valence-electron chi connectivity index (χ1n) is 5.52. The van der Waals surface area contributed by atoms with Crippen LogP contribution in [0.25, 0.3) is 9.40 Å². The fraction of sp³-hybridized carbons (Fsp3) is 0.333. The number of fused-ring (bicyclic) bond motifs is 1. The third kappa shape index (κ3) is 2.00. The van der Waals surface area contributed by atoms with Gasteiger partial charge in [0.25, 0.3) is 5.91 Å². The Bertz CT molecular complexity index is 556. The van der Waals surface area contributed by atoms with Crippen LogP contribution < -0.4 is 0 Å². The highest BCUT2D eigenvalue weighted by Crippen LogP contribution is 2.30. The van der Waals surface area contributed by atoms with Crippen molar-refractivity contribution in [3.05, 3.63) is 22.4 Å². The van der Waals surface area contributed by atoms with Gasteiger partial charge in [-0.3, -0.25) is 9.59 Å². The van der Waals surface area contributed by atoms with Crippen LogP contribution in [0.5, 0.6) is 0 Å². The molecule has 0 saturated carbocycles. The zero-order chi connectivity index (χ0) is 11.8. The van der Waals surface area contributed by atoms with E-state index in [0.29, 0.717) is 13.0 Å². The van der Waals surface area contributed by atoms with Gasteiger partial charge in [-0.2, -0.15) is 0 Å². The van der Waals surface area contributed by atoms with Crippen LogP contribution >= 0.6 is 22.7 Å². The summed E-state index contributed by atoms with van der Waals surface area (Å²) in [5.74, 6) is 0.175.